The number of rotatable bonds is 3. The van der Waals surface area contributed by atoms with Gasteiger partial charge in [0.25, 0.3) is 5.91 Å². The average molecular weight is 335 g/mol. The molecule has 1 amide bonds. The fourth-order valence-electron chi connectivity index (χ4n) is 3.74. The van der Waals surface area contributed by atoms with Gasteiger partial charge in [-0.1, -0.05) is 11.6 Å². The van der Waals surface area contributed by atoms with E-state index in [-0.39, 0.29) is 23.5 Å². The van der Waals surface area contributed by atoms with Gasteiger partial charge in [-0.15, -0.1) is 0 Å². The number of aliphatic carboxylic acids is 1. The number of aryl methyl sites for hydroxylation is 1. The van der Waals surface area contributed by atoms with E-state index in [1.165, 1.54) is 6.07 Å². The van der Waals surface area contributed by atoms with Crippen LogP contribution in [-0.4, -0.2) is 47.7 Å². The number of nitrogens with zero attached hydrogens (tertiary/aromatic N) is 1. The number of amides is 1. The van der Waals surface area contributed by atoms with Gasteiger partial charge in [-0.3, -0.25) is 9.59 Å². The van der Waals surface area contributed by atoms with Crippen molar-refractivity contribution >= 4 is 11.9 Å². The molecule has 2 aliphatic heterocycles. The maximum Gasteiger partial charge on any atom is 0.309 e. The molecule has 0 radical (unpaired) electrons. The molecule has 1 N–H and O–H groups in total. The molecule has 0 aromatic heterocycles. The zero-order valence-electron chi connectivity index (χ0n) is 13.7. The molecular formula is C18H22FNO4. The Bertz CT molecular complexity index is 640. The summed E-state index contributed by atoms with van der Waals surface area (Å²) in [5, 5.41) is 9.27. The third-order valence-electron chi connectivity index (χ3n) is 5.10. The summed E-state index contributed by atoms with van der Waals surface area (Å²) in [7, 11) is 0. The van der Waals surface area contributed by atoms with E-state index in [4.69, 9.17) is 4.74 Å². The Kier molecular flexibility index (Phi) is 4.85. The van der Waals surface area contributed by atoms with Crippen LogP contribution >= 0.6 is 0 Å². The Morgan fingerprint density at radius 1 is 1.25 bits per heavy atom. The first-order valence-corrected chi connectivity index (χ1v) is 8.37. The highest BCUT2D eigenvalue weighted by Gasteiger charge is 2.40. The lowest BCUT2D eigenvalue weighted by Crippen LogP contribution is -2.43. The molecule has 3 rings (SSSR count). The molecule has 5 nitrogen and oxygen atoms in total. The zero-order chi connectivity index (χ0) is 17.3. The number of halogens is 1. The van der Waals surface area contributed by atoms with Crippen LogP contribution in [-0.2, 0) is 9.53 Å². The van der Waals surface area contributed by atoms with Crippen LogP contribution in [0.3, 0.4) is 0 Å². The van der Waals surface area contributed by atoms with Gasteiger partial charge in [-0.05, 0) is 44.2 Å². The third-order valence-corrected chi connectivity index (χ3v) is 5.10. The minimum absolute atomic E-state index is 0.106. The summed E-state index contributed by atoms with van der Waals surface area (Å²) in [6, 6.07) is 4.53. The SMILES string of the molecule is Cc1ccc(F)c(C(=O)N2CCC([C@@H]3OCCC3C(=O)O)CC2)c1. The third kappa shape index (κ3) is 3.29. The van der Waals surface area contributed by atoms with Crippen LogP contribution in [0.15, 0.2) is 18.2 Å². The van der Waals surface area contributed by atoms with E-state index >= 15 is 0 Å². The number of hydrogen-bond donors (Lipinski definition) is 1. The number of carbonyl (C=O) groups excluding carboxylic acids is 1. The Balaban J connectivity index is 1.63. The second kappa shape index (κ2) is 6.89. The monoisotopic (exact) mass is 335 g/mol. The quantitative estimate of drug-likeness (QED) is 0.921. The molecule has 0 bridgehead atoms. The Morgan fingerprint density at radius 2 is 1.96 bits per heavy atom. The maximum absolute atomic E-state index is 13.9. The average Bonchev–Trinajstić information content (AvgIpc) is 3.06. The van der Waals surface area contributed by atoms with Crippen molar-refractivity contribution in [1.82, 2.24) is 4.90 Å². The van der Waals surface area contributed by atoms with Crippen molar-refractivity contribution in [3.8, 4) is 0 Å². The van der Waals surface area contributed by atoms with Crippen molar-refractivity contribution in [2.24, 2.45) is 11.8 Å². The Labute approximate surface area is 140 Å². The van der Waals surface area contributed by atoms with Gasteiger partial charge < -0.3 is 14.7 Å². The van der Waals surface area contributed by atoms with Crippen molar-refractivity contribution in [1.29, 1.82) is 0 Å². The normalized spacial score (nSPS) is 25.0. The molecule has 24 heavy (non-hydrogen) atoms. The van der Waals surface area contributed by atoms with Crippen LogP contribution in [0.25, 0.3) is 0 Å². The molecule has 2 aliphatic rings. The molecular weight excluding hydrogens is 313 g/mol. The highest BCUT2D eigenvalue weighted by Crippen LogP contribution is 2.33. The number of carboxylic acid groups (broad SMARTS) is 1. The number of carbonyl (C=O) groups is 2. The predicted molar refractivity (Wildman–Crippen MR) is 85.2 cm³/mol. The molecule has 2 saturated heterocycles. The first-order chi connectivity index (χ1) is 11.5. The summed E-state index contributed by atoms with van der Waals surface area (Å²) < 4.78 is 19.5. The standard InChI is InChI=1S/C18H22FNO4/c1-11-2-3-15(19)14(10-11)17(21)20-7-4-12(5-8-20)16-13(18(22)23)6-9-24-16/h2-3,10,12-13,16H,4-9H2,1H3,(H,22,23)/t13?,16-/m0/s1. The van der Waals surface area contributed by atoms with E-state index in [0.717, 1.165) is 5.56 Å². The second-order valence-corrected chi connectivity index (χ2v) is 6.68. The van der Waals surface area contributed by atoms with Crippen molar-refractivity contribution in [3.63, 3.8) is 0 Å². The van der Waals surface area contributed by atoms with Crippen molar-refractivity contribution in [3.05, 3.63) is 35.1 Å². The molecule has 1 aromatic carbocycles. The van der Waals surface area contributed by atoms with E-state index in [0.29, 0.717) is 39.0 Å². The molecule has 0 aliphatic carbocycles. The lowest BCUT2D eigenvalue weighted by atomic mass is 9.84. The van der Waals surface area contributed by atoms with Crippen LogP contribution in [0.4, 0.5) is 4.39 Å². The fraction of sp³-hybridized carbons (Fsp3) is 0.556. The fourth-order valence-corrected chi connectivity index (χ4v) is 3.74. The van der Waals surface area contributed by atoms with Gasteiger partial charge in [0.05, 0.1) is 17.6 Å². The van der Waals surface area contributed by atoms with E-state index in [2.05, 4.69) is 0 Å². The summed E-state index contributed by atoms with van der Waals surface area (Å²) in [6.07, 6.45) is 1.66. The lowest BCUT2D eigenvalue weighted by molar-refractivity contribution is -0.145. The van der Waals surface area contributed by atoms with Gasteiger partial charge in [0.1, 0.15) is 5.82 Å². The number of piperidine rings is 1. The van der Waals surface area contributed by atoms with Gasteiger partial charge in [-0.2, -0.15) is 0 Å². The van der Waals surface area contributed by atoms with Crippen LogP contribution in [0.2, 0.25) is 0 Å². The highest BCUT2D eigenvalue weighted by atomic mass is 19.1. The predicted octanol–water partition coefficient (Wildman–Crippen LogP) is 2.48. The number of carboxylic acids is 1. The van der Waals surface area contributed by atoms with Crippen LogP contribution in [0.5, 0.6) is 0 Å². The minimum Gasteiger partial charge on any atom is -0.481 e. The van der Waals surface area contributed by atoms with Crippen LogP contribution in [0, 0.1) is 24.6 Å². The summed E-state index contributed by atoms with van der Waals surface area (Å²) in [5.74, 6) is -1.92. The lowest BCUT2D eigenvalue weighted by Gasteiger charge is -2.35. The Morgan fingerprint density at radius 3 is 2.62 bits per heavy atom. The van der Waals surface area contributed by atoms with Crippen molar-refractivity contribution in [2.45, 2.75) is 32.3 Å². The van der Waals surface area contributed by atoms with Gasteiger partial charge in [0.2, 0.25) is 0 Å². The van der Waals surface area contributed by atoms with Crippen LogP contribution in [0.1, 0.15) is 35.2 Å². The maximum atomic E-state index is 13.9. The number of ether oxygens (including phenoxy) is 1. The molecule has 130 valence electrons. The molecule has 0 saturated carbocycles. The first kappa shape index (κ1) is 16.9. The van der Waals surface area contributed by atoms with Crippen molar-refractivity contribution in [2.75, 3.05) is 19.7 Å². The summed E-state index contributed by atoms with van der Waals surface area (Å²) >= 11 is 0. The summed E-state index contributed by atoms with van der Waals surface area (Å²) in [6.45, 7) is 3.31. The highest BCUT2D eigenvalue weighted by molar-refractivity contribution is 5.94. The number of benzene rings is 1. The minimum atomic E-state index is -0.808. The van der Waals surface area contributed by atoms with Gasteiger partial charge in [0.15, 0.2) is 0 Å². The zero-order valence-corrected chi connectivity index (χ0v) is 13.7. The first-order valence-electron chi connectivity index (χ1n) is 8.37. The van der Waals surface area contributed by atoms with Gasteiger partial charge in [-0.25, -0.2) is 4.39 Å². The van der Waals surface area contributed by atoms with E-state index < -0.39 is 17.7 Å². The Hall–Kier alpha value is -1.95. The molecule has 1 unspecified atom stereocenters. The summed E-state index contributed by atoms with van der Waals surface area (Å²) in [4.78, 5) is 25.5. The van der Waals surface area contributed by atoms with Crippen LogP contribution < -0.4 is 0 Å². The molecule has 2 fully saturated rings. The molecule has 2 atom stereocenters. The topological polar surface area (TPSA) is 66.8 Å². The molecule has 0 spiro atoms. The molecule has 1 aromatic rings. The van der Waals surface area contributed by atoms with Gasteiger partial charge in [0, 0.05) is 19.7 Å². The van der Waals surface area contributed by atoms with E-state index in [1.807, 2.05) is 6.92 Å². The molecule has 6 heteroatoms. The smallest absolute Gasteiger partial charge is 0.309 e. The summed E-state index contributed by atoms with van der Waals surface area (Å²) in [5.41, 5.74) is 0.951. The number of hydrogen-bond acceptors (Lipinski definition) is 3. The second-order valence-electron chi connectivity index (χ2n) is 6.68. The molecule has 2 heterocycles. The van der Waals surface area contributed by atoms with E-state index in [1.54, 1.807) is 17.0 Å². The van der Waals surface area contributed by atoms with Crippen molar-refractivity contribution < 1.29 is 23.8 Å². The number of likely N-dealkylation sites (tertiary alicyclic amines) is 1. The van der Waals surface area contributed by atoms with E-state index in [9.17, 15) is 19.1 Å². The largest absolute Gasteiger partial charge is 0.481 e. The van der Waals surface area contributed by atoms with Gasteiger partial charge >= 0.3 is 5.97 Å².